The number of benzene rings is 1. The van der Waals surface area contributed by atoms with E-state index in [0.717, 1.165) is 17.7 Å². The summed E-state index contributed by atoms with van der Waals surface area (Å²) in [6.45, 7) is 4.27. The number of amides is 1. The highest BCUT2D eigenvalue weighted by Gasteiger charge is 2.11. The predicted octanol–water partition coefficient (Wildman–Crippen LogP) is 1.48. The smallest absolute Gasteiger partial charge is 0.220 e. The van der Waals surface area contributed by atoms with E-state index >= 15 is 0 Å². The Morgan fingerprint density at radius 3 is 2.44 bits per heavy atom. The molecule has 1 rings (SSSR count). The zero-order chi connectivity index (χ0) is 13.6. The lowest BCUT2D eigenvalue weighted by Crippen LogP contribution is -2.45. The Bertz CT molecular complexity index is 380. The third-order valence-electron chi connectivity index (χ3n) is 2.54. The van der Waals surface area contributed by atoms with Crippen molar-refractivity contribution in [1.82, 2.24) is 5.32 Å². The van der Waals surface area contributed by atoms with E-state index in [1.54, 1.807) is 7.11 Å². The van der Waals surface area contributed by atoms with Crippen LogP contribution in [0.1, 0.15) is 25.8 Å². The maximum atomic E-state index is 11.6. The number of methoxy groups -OCH3 is 1. The molecule has 0 spiro atoms. The first-order valence-corrected chi connectivity index (χ1v) is 6.09. The monoisotopic (exact) mass is 250 g/mol. The van der Waals surface area contributed by atoms with Crippen molar-refractivity contribution in [2.24, 2.45) is 5.73 Å². The van der Waals surface area contributed by atoms with E-state index in [9.17, 15) is 4.79 Å². The number of hydrogen-bond acceptors (Lipinski definition) is 3. The number of ether oxygens (including phenoxy) is 1. The average Bonchev–Trinajstić information content (AvgIpc) is 2.33. The van der Waals surface area contributed by atoms with E-state index in [1.165, 1.54) is 0 Å². The minimum absolute atomic E-state index is 0.0318. The minimum atomic E-state index is -0.365. The fourth-order valence-electron chi connectivity index (χ4n) is 1.46. The molecule has 18 heavy (non-hydrogen) atoms. The summed E-state index contributed by atoms with van der Waals surface area (Å²) in [4.78, 5) is 11.6. The summed E-state index contributed by atoms with van der Waals surface area (Å²) in [6, 6.07) is 7.74. The molecular weight excluding hydrogens is 228 g/mol. The van der Waals surface area contributed by atoms with Gasteiger partial charge in [-0.05, 0) is 38.0 Å². The molecular formula is C14H22N2O2. The van der Waals surface area contributed by atoms with Crippen LogP contribution in [-0.2, 0) is 11.2 Å². The van der Waals surface area contributed by atoms with Crippen LogP contribution >= 0.6 is 0 Å². The molecule has 3 N–H and O–H groups in total. The molecule has 4 nitrogen and oxygen atoms in total. The van der Waals surface area contributed by atoms with E-state index in [0.29, 0.717) is 13.0 Å². The summed E-state index contributed by atoms with van der Waals surface area (Å²) in [6.07, 6.45) is 1.20. The van der Waals surface area contributed by atoms with Gasteiger partial charge in [-0.1, -0.05) is 12.1 Å². The average molecular weight is 250 g/mol. The molecule has 0 fully saturated rings. The lowest BCUT2D eigenvalue weighted by molar-refractivity contribution is -0.121. The topological polar surface area (TPSA) is 64.3 Å². The summed E-state index contributed by atoms with van der Waals surface area (Å²) in [7, 11) is 1.64. The summed E-state index contributed by atoms with van der Waals surface area (Å²) in [5.74, 6) is 0.859. The van der Waals surface area contributed by atoms with Gasteiger partial charge in [-0.3, -0.25) is 4.79 Å². The highest BCUT2D eigenvalue weighted by molar-refractivity contribution is 5.76. The Morgan fingerprint density at radius 1 is 1.33 bits per heavy atom. The van der Waals surface area contributed by atoms with Crippen molar-refractivity contribution in [3.63, 3.8) is 0 Å². The van der Waals surface area contributed by atoms with Gasteiger partial charge in [0.25, 0.3) is 0 Å². The van der Waals surface area contributed by atoms with Crippen molar-refractivity contribution >= 4 is 5.91 Å². The summed E-state index contributed by atoms with van der Waals surface area (Å²) >= 11 is 0. The molecule has 0 bridgehead atoms. The van der Waals surface area contributed by atoms with Crippen LogP contribution in [0.5, 0.6) is 5.75 Å². The normalized spacial score (nSPS) is 11.1. The van der Waals surface area contributed by atoms with Crippen LogP contribution in [-0.4, -0.2) is 25.1 Å². The molecule has 0 unspecified atom stereocenters. The van der Waals surface area contributed by atoms with Crippen LogP contribution in [0.15, 0.2) is 24.3 Å². The highest BCUT2D eigenvalue weighted by Crippen LogP contribution is 2.12. The standard InChI is InChI=1S/C14H22N2O2/c1-14(2,15)10-16-13(17)9-6-11-4-7-12(18-3)8-5-11/h4-5,7-8H,6,9-10,15H2,1-3H3,(H,16,17). The Hall–Kier alpha value is -1.55. The van der Waals surface area contributed by atoms with Gasteiger partial charge in [0.1, 0.15) is 5.75 Å². The first-order valence-electron chi connectivity index (χ1n) is 6.09. The van der Waals surface area contributed by atoms with Gasteiger partial charge in [-0.15, -0.1) is 0 Å². The van der Waals surface area contributed by atoms with E-state index < -0.39 is 0 Å². The van der Waals surface area contributed by atoms with Gasteiger partial charge in [-0.25, -0.2) is 0 Å². The quantitative estimate of drug-likeness (QED) is 0.804. The van der Waals surface area contributed by atoms with Gasteiger partial charge in [0.05, 0.1) is 7.11 Å². The molecule has 0 aliphatic heterocycles. The molecule has 0 heterocycles. The van der Waals surface area contributed by atoms with Crippen molar-refractivity contribution < 1.29 is 9.53 Å². The lowest BCUT2D eigenvalue weighted by Gasteiger charge is -2.18. The molecule has 4 heteroatoms. The number of hydrogen-bond donors (Lipinski definition) is 2. The molecule has 0 saturated carbocycles. The highest BCUT2D eigenvalue weighted by atomic mass is 16.5. The number of nitrogens with one attached hydrogen (secondary N) is 1. The minimum Gasteiger partial charge on any atom is -0.497 e. The van der Waals surface area contributed by atoms with Gasteiger partial charge in [0.2, 0.25) is 5.91 Å². The van der Waals surface area contributed by atoms with E-state index in [2.05, 4.69) is 5.32 Å². The van der Waals surface area contributed by atoms with E-state index in [1.807, 2.05) is 38.1 Å². The Kier molecular flexibility index (Phi) is 5.16. The zero-order valence-corrected chi connectivity index (χ0v) is 11.3. The second kappa shape index (κ2) is 6.40. The summed E-state index contributed by atoms with van der Waals surface area (Å²) in [5.41, 5.74) is 6.55. The second-order valence-corrected chi connectivity index (χ2v) is 5.11. The molecule has 100 valence electrons. The molecule has 0 aliphatic carbocycles. The van der Waals surface area contributed by atoms with Crippen molar-refractivity contribution in [2.45, 2.75) is 32.2 Å². The van der Waals surface area contributed by atoms with Gasteiger partial charge in [0, 0.05) is 18.5 Å². The van der Waals surface area contributed by atoms with Crippen LogP contribution in [0.25, 0.3) is 0 Å². The van der Waals surface area contributed by atoms with Crippen LogP contribution in [0.4, 0.5) is 0 Å². The fourth-order valence-corrected chi connectivity index (χ4v) is 1.46. The zero-order valence-electron chi connectivity index (χ0n) is 11.3. The van der Waals surface area contributed by atoms with Gasteiger partial charge in [-0.2, -0.15) is 0 Å². The van der Waals surface area contributed by atoms with Gasteiger partial charge < -0.3 is 15.8 Å². The molecule has 0 saturated heterocycles. The largest absolute Gasteiger partial charge is 0.497 e. The van der Waals surface area contributed by atoms with Gasteiger partial charge >= 0.3 is 0 Å². The predicted molar refractivity (Wildman–Crippen MR) is 72.6 cm³/mol. The molecule has 0 radical (unpaired) electrons. The fraction of sp³-hybridized carbons (Fsp3) is 0.500. The second-order valence-electron chi connectivity index (χ2n) is 5.11. The van der Waals surface area contributed by atoms with Crippen LogP contribution < -0.4 is 15.8 Å². The van der Waals surface area contributed by atoms with Crippen LogP contribution in [0.2, 0.25) is 0 Å². The molecule has 1 amide bonds. The van der Waals surface area contributed by atoms with Crippen LogP contribution in [0.3, 0.4) is 0 Å². The van der Waals surface area contributed by atoms with Gasteiger partial charge in [0.15, 0.2) is 0 Å². The lowest BCUT2D eigenvalue weighted by atomic mass is 10.1. The maximum Gasteiger partial charge on any atom is 0.220 e. The first-order chi connectivity index (χ1) is 8.40. The number of aryl methyl sites for hydroxylation is 1. The summed E-state index contributed by atoms with van der Waals surface area (Å²) < 4.78 is 5.08. The number of carbonyl (C=O) groups is 1. The number of nitrogens with two attached hydrogens (primary N) is 1. The third-order valence-corrected chi connectivity index (χ3v) is 2.54. The first kappa shape index (κ1) is 14.5. The molecule has 1 aromatic rings. The van der Waals surface area contributed by atoms with Crippen molar-refractivity contribution in [3.8, 4) is 5.75 Å². The molecule has 0 atom stereocenters. The number of carbonyl (C=O) groups excluding carboxylic acids is 1. The Morgan fingerprint density at radius 2 is 1.94 bits per heavy atom. The van der Waals surface area contributed by atoms with Crippen molar-refractivity contribution in [3.05, 3.63) is 29.8 Å². The van der Waals surface area contributed by atoms with Crippen molar-refractivity contribution in [1.29, 1.82) is 0 Å². The Balaban J connectivity index is 2.33. The molecule has 0 aliphatic rings. The summed E-state index contributed by atoms with van der Waals surface area (Å²) in [5, 5.41) is 2.83. The van der Waals surface area contributed by atoms with Crippen molar-refractivity contribution in [2.75, 3.05) is 13.7 Å². The van der Waals surface area contributed by atoms with E-state index in [-0.39, 0.29) is 11.4 Å². The maximum absolute atomic E-state index is 11.6. The third kappa shape index (κ3) is 5.68. The molecule has 1 aromatic carbocycles. The molecule has 0 aromatic heterocycles. The van der Waals surface area contributed by atoms with Crippen LogP contribution in [0, 0.1) is 0 Å². The van der Waals surface area contributed by atoms with E-state index in [4.69, 9.17) is 10.5 Å². The Labute approximate surface area is 109 Å². The number of rotatable bonds is 6. The SMILES string of the molecule is COc1ccc(CCC(=O)NCC(C)(C)N)cc1.